The monoisotopic (exact) mass is 494 g/mol. The van der Waals surface area contributed by atoms with Crippen LogP contribution in [0.2, 0.25) is 0 Å². The van der Waals surface area contributed by atoms with E-state index >= 15 is 0 Å². The average molecular weight is 494 g/mol. The van der Waals surface area contributed by atoms with Gasteiger partial charge in [-0.25, -0.2) is 4.98 Å². The van der Waals surface area contributed by atoms with E-state index in [4.69, 9.17) is 9.15 Å². The summed E-state index contributed by atoms with van der Waals surface area (Å²) < 4.78 is 51.4. The molecule has 1 aliphatic rings. The molecule has 0 aliphatic carbocycles. The second-order valence-electron chi connectivity index (χ2n) is 7.54. The highest BCUT2D eigenvalue weighted by Crippen LogP contribution is 2.37. The lowest BCUT2D eigenvalue weighted by Gasteiger charge is -2.29. The molecule has 3 aromatic rings. The number of ether oxygens (including phenoxy) is 1. The van der Waals surface area contributed by atoms with Gasteiger partial charge in [-0.05, 0) is 31.2 Å². The number of hydrogen-bond donors (Lipinski definition) is 2. The fourth-order valence-corrected chi connectivity index (χ4v) is 4.19. The van der Waals surface area contributed by atoms with Crippen molar-refractivity contribution in [2.45, 2.75) is 19.5 Å². The van der Waals surface area contributed by atoms with Gasteiger partial charge >= 0.3 is 6.18 Å². The number of hydrogen-bond acceptors (Lipinski definition) is 7. The Morgan fingerprint density at radius 1 is 1.18 bits per heavy atom. The van der Waals surface area contributed by atoms with Gasteiger partial charge in [0, 0.05) is 24.2 Å². The number of anilines is 3. The topological polar surface area (TPSA) is 96.7 Å². The summed E-state index contributed by atoms with van der Waals surface area (Å²) in [5.74, 6) is -0.612. The molecule has 3 heterocycles. The highest BCUT2D eigenvalue weighted by molar-refractivity contribution is 7.14. The number of furan rings is 1. The molecule has 1 fully saturated rings. The van der Waals surface area contributed by atoms with Crippen molar-refractivity contribution in [2.75, 3.05) is 41.8 Å². The van der Waals surface area contributed by atoms with Crippen LogP contribution in [0.1, 0.15) is 27.4 Å². The van der Waals surface area contributed by atoms with Crippen LogP contribution in [-0.2, 0) is 22.1 Å². The number of nitrogens with zero attached hydrogens (tertiary/aromatic N) is 2. The van der Waals surface area contributed by atoms with Gasteiger partial charge in [0.1, 0.15) is 5.76 Å². The molecule has 2 N–H and O–H groups in total. The first kappa shape index (κ1) is 23.8. The number of thiazole rings is 1. The van der Waals surface area contributed by atoms with Crippen LogP contribution in [0.25, 0.3) is 0 Å². The summed E-state index contributed by atoms with van der Waals surface area (Å²) in [6.45, 7) is 3.52. The first-order valence-corrected chi connectivity index (χ1v) is 11.2. The molecule has 0 unspecified atom stereocenters. The molecule has 0 spiro atoms. The van der Waals surface area contributed by atoms with Crippen molar-refractivity contribution in [3.63, 3.8) is 0 Å². The zero-order valence-corrected chi connectivity index (χ0v) is 18.9. The van der Waals surface area contributed by atoms with Crippen LogP contribution in [0, 0.1) is 6.92 Å². The lowest BCUT2D eigenvalue weighted by molar-refractivity contribution is -0.136. The molecule has 0 saturated carbocycles. The standard InChI is InChI=1S/C22H21F3N4O4S/c1-13-16(4-7-33-13)20(31)28-21-26-14(12-34-21)10-19(30)27-18-3-2-15(11-17(18)22(23,24)25)29-5-8-32-9-6-29/h2-4,7,11-12H,5-6,8-10H2,1H3,(H,27,30)(H,26,28,31). The van der Waals surface area contributed by atoms with Crippen LogP contribution < -0.4 is 15.5 Å². The smallest absolute Gasteiger partial charge is 0.418 e. The molecule has 0 bridgehead atoms. The largest absolute Gasteiger partial charge is 0.469 e. The summed E-state index contributed by atoms with van der Waals surface area (Å²) in [6.07, 6.45) is -3.50. The minimum atomic E-state index is -4.64. The van der Waals surface area contributed by atoms with Gasteiger partial charge < -0.3 is 19.4 Å². The molecule has 180 valence electrons. The van der Waals surface area contributed by atoms with Crippen LogP contribution in [0.4, 0.5) is 29.7 Å². The van der Waals surface area contributed by atoms with E-state index in [0.29, 0.717) is 49.0 Å². The number of aromatic nitrogens is 1. The third-order valence-corrected chi connectivity index (χ3v) is 5.98. The summed E-state index contributed by atoms with van der Waals surface area (Å²) in [7, 11) is 0. The number of amides is 2. The third kappa shape index (κ3) is 5.57. The third-order valence-electron chi connectivity index (χ3n) is 5.18. The Morgan fingerprint density at radius 2 is 1.94 bits per heavy atom. The van der Waals surface area contributed by atoms with Crippen molar-refractivity contribution in [1.82, 2.24) is 4.98 Å². The van der Waals surface area contributed by atoms with Gasteiger partial charge in [0.15, 0.2) is 5.13 Å². The van der Waals surface area contributed by atoms with Crippen molar-refractivity contribution >= 4 is 39.7 Å². The Balaban J connectivity index is 1.42. The van der Waals surface area contributed by atoms with Crippen molar-refractivity contribution in [3.8, 4) is 0 Å². The Hall–Kier alpha value is -3.38. The van der Waals surface area contributed by atoms with E-state index in [9.17, 15) is 22.8 Å². The quantitative estimate of drug-likeness (QED) is 0.530. The molecule has 8 nitrogen and oxygen atoms in total. The van der Waals surface area contributed by atoms with Crippen molar-refractivity contribution in [2.24, 2.45) is 0 Å². The molecule has 2 amide bonds. The molecule has 1 saturated heterocycles. The van der Waals surface area contributed by atoms with E-state index in [1.807, 2.05) is 0 Å². The Labute approximate surface area is 196 Å². The van der Waals surface area contributed by atoms with E-state index in [0.717, 1.165) is 17.4 Å². The molecule has 0 radical (unpaired) electrons. The first-order chi connectivity index (χ1) is 16.2. The molecule has 0 atom stereocenters. The maximum Gasteiger partial charge on any atom is 0.418 e. The van der Waals surface area contributed by atoms with Gasteiger partial charge in [0.05, 0.1) is 48.4 Å². The number of halogens is 3. The zero-order valence-electron chi connectivity index (χ0n) is 18.1. The number of carbonyl (C=O) groups is 2. The maximum atomic E-state index is 13.7. The summed E-state index contributed by atoms with van der Waals surface area (Å²) in [5.41, 5.74) is -0.156. The Kier molecular flexibility index (Phi) is 6.89. The normalized spacial score (nSPS) is 14.2. The number of morpholine rings is 1. The SMILES string of the molecule is Cc1occc1C(=O)Nc1nc(CC(=O)Nc2ccc(N3CCOCC3)cc2C(F)(F)F)cs1. The van der Waals surface area contributed by atoms with Crippen molar-refractivity contribution < 1.29 is 31.9 Å². The number of alkyl halides is 3. The van der Waals surface area contributed by atoms with E-state index in [2.05, 4.69) is 15.6 Å². The summed E-state index contributed by atoms with van der Waals surface area (Å²) in [4.78, 5) is 30.7. The summed E-state index contributed by atoms with van der Waals surface area (Å²) in [5, 5.41) is 6.77. The molecule has 4 rings (SSSR count). The minimum Gasteiger partial charge on any atom is -0.469 e. The van der Waals surface area contributed by atoms with Crippen LogP contribution >= 0.6 is 11.3 Å². The van der Waals surface area contributed by atoms with Gasteiger partial charge in [-0.3, -0.25) is 14.9 Å². The molecule has 1 aromatic carbocycles. The van der Waals surface area contributed by atoms with Crippen LogP contribution in [0.3, 0.4) is 0 Å². The van der Waals surface area contributed by atoms with Gasteiger partial charge in [0.2, 0.25) is 5.91 Å². The number of carbonyl (C=O) groups excluding carboxylic acids is 2. The number of nitrogens with one attached hydrogen (secondary N) is 2. The molecule has 34 heavy (non-hydrogen) atoms. The lowest BCUT2D eigenvalue weighted by atomic mass is 10.1. The summed E-state index contributed by atoms with van der Waals surface area (Å²) in [6, 6.07) is 5.36. The van der Waals surface area contributed by atoms with E-state index in [1.165, 1.54) is 18.4 Å². The fourth-order valence-electron chi connectivity index (χ4n) is 3.48. The second-order valence-corrected chi connectivity index (χ2v) is 8.40. The van der Waals surface area contributed by atoms with Gasteiger partial charge in [-0.2, -0.15) is 13.2 Å². The maximum absolute atomic E-state index is 13.7. The van der Waals surface area contributed by atoms with Crippen LogP contribution in [-0.4, -0.2) is 43.1 Å². The van der Waals surface area contributed by atoms with Crippen molar-refractivity contribution in [1.29, 1.82) is 0 Å². The number of benzene rings is 1. The van der Waals surface area contributed by atoms with E-state index < -0.39 is 23.6 Å². The molecule has 2 aromatic heterocycles. The summed E-state index contributed by atoms with van der Waals surface area (Å²) >= 11 is 1.11. The van der Waals surface area contributed by atoms with E-state index in [-0.39, 0.29) is 17.2 Å². The Bertz CT molecular complexity index is 1190. The van der Waals surface area contributed by atoms with Crippen LogP contribution in [0.15, 0.2) is 40.3 Å². The zero-order chi connectivity index (χ0) is 24.3. The molecular weight excluding hydrogens is 473 g/mol. The number of aryl methyl sites for hydroxylation is 1. The highest BCUT2D eigenvalue weighted by Gasteiger charge is 2.35. The Morgan fingerprint density at radius 3 is 2.62 bits per heavy atom. The second kappa shape index (κ2) is 9.85. The first-order valence-electron chi connectivity index (χ1n) is 10.3. The van der Waals surface area contributed by atoms with Gasteiger partial charge in [-0.1, -0.05) is 0 Å². The lowest BCUT2D eigenvalue weighted by Crippen LogP contribution is -2.36. The fraction of sp³-hybridized carbons (Fsp3) is 0.318. The van der Waals surface area contributed by atoms with Gasteiger partial charge in [0.25, 0.3) is 5.91 Å². The van der Waals surface area contributed by atoms with E-state index in [1.54, 1.807) is 23.3 Å². The average Bonchev–Trinajstić information content (AvgIpc) is 3.42. The predicted octanol–water partition coefficient (Wildman–Crippen LogP) is 4.33. The molecule has 1 aliphatic heterocycles. The predicted molar refractivity (Wildman–Crippen MR) is 120 cm³/mol. The highest BCUT2D eigenvalue weighted by atomic mass is 32.1. The number of rotatable bonds is 6. The molecule has 12 heteroatoms. The van der Waals surface area contributed by atoms with Crippen LogP contribution in [0.5, 0.6) is 0 Å². The minimum absolute atomic E-state index is 0.250. The van der Waals surface area contributed by atoms with Crippen molar-refractivity contribution in [3.05, 3.63) is 58.5 Å². The molecular formula is C22H21F3N4O4S. The van der Waals surface area contributed by atoms with Gasteiger partial charge in [-0.15, -0.1) is 11.3 Å².